The predicted octanol–water partition coefficient (Wildman–Crippen LogP) is -2.32. The molecule has 174 valence electrons. The Morgan fingerprint density at radius 1 is 1.00 bits per heavy atom. The van der Waals surface area contributed by atoms with E-state index >= 15 is 0 Å². The van der Waals surface area contributed by atoms with E-state index in [1.165, 1.54) is 4.57 Å². The molecule has 5 aromatic rings. The summed E-state index contributed by atoms with van der Waals surface area (Å²) in [7, 11) is 7.91. The molecule has 10 heteroatoms. The maximum atomic E-state index is 13.6. The van der Waals surface area contributed by atoms with Crippen molar-refractivity contribution in [1.29, 1.82) is 0 Å². The summed E-state index contributed by atoms with van der Waals surface area (Å²) in [6.07, 6.45) is 0. The molecule has 0 unspecified atom stereocenters. The number of nitrogens with zero attached hydrogens (tertiary/aromatic N) is 5. The molecule has 3 N–H and O–H groups in total. The number of H-pyrrole nitrogens is 1. The van der Waals surface area contributed by atoms with Gasteiger partial charge in [-0.1, -0.05) is 0 Å². The number of pyridine rings is 1. The predicted molar refractivity (Wildman–Crippen MR) is 128 cm³/mol. The molecular weight excluding hydrogens is 442 g/mol. The minimum atomic E-state index is -0.324. The highest BCUT2D eigenvalue weighted by Crippen LogP contribution is 2.33. The number of nitrogens with two attached hydrogens (primary N) is 1. The maximum absolute atomic E-state index is 13.6. The molecule has 0 fully saturated rings. The molecule has 0 bridgehead atoms. The number of halogens is 1. The van der Waals surface area contributed by atoms with Crippen molar-refractivity contribution in [1.82, 2.24) is 23.9 Å². The molecule has 0 aliphatic heterocycles. The van der Waals surface area contributed by atoms with Gasteiger partial charge in [0.2, 0.25) is 5.52 Å². The van der Waals surface area contributed by atoms with Crippen molar-refractivity contribution in [3.8, 4) is 0 Å². The SMILES string of the molecule is CN(C)CCn1c(=O)c2ccc3c4c([nH][n+]3CCN(C)C)c3cc(N)ccc3n(c1=O)c24.[Cl-]. The van der Waals surface area contributed by atoms with Gasteiger partial charge in [0.05, 0.1) is 23.0 Å². The second kappa shape index (κ2) is 8.33. The van der Waals surface area contributed by atoms with Gasteiger partial charge in [0.25, 0.3) is 5.56 Å². The van der Waals surface area contributed by atoms with Gasteiger partial charge in [-0.2, -0.15) is 5.10 Å². The molecule has 2 aromatic carbocycles. The number of benzene rings is 2. The Balaban J connectivity index is 0.00000259. The van der Waals surface area contributed by atoms with Crippen LogP contribution in [0.3, 0.4) is 0 Å². The van der Waals surface area contributed by atoms with E-state index < -0.39 is 0 Å². The zero-order valence-corrected chi connectivity index (χ0v) is 20.0. The van der Waals surface area contributed by atoms with Crippen LogP contribution in [0.1, 0.15) is 0 Å². The number of likely N-dealkylation sites (N-methyl/N-ethyl adjacent to an activating group) is 2. The third-order valence-electron chi connectivity index (χ3n) is 6.14. The van der Waals surface area contributed by atoms with Gasteiger partial charge in [0.15, 0.2) is 6.54 Å². The van der Waals surface area contributed by atoms with E-state index in [1.807, 2.05) is 57.4 Å². The molecule has 0 radical (unpaired) electrons. The first kappa shape index (κ1) is 23.0. The summed E-state index contributed by atoms with van der Waals surface area (Å²) < 4.78 is 5.10. The monoisotopic (exact) mass is 469 g/mol. The average Bonchev–Trinajstić information content (AvgIpc) is 3.12. The summed E-state index contributed by atoms with van der Waals surface area (Å²) in [5, 5.41) is 5.79. The smallest absolute Gasteiger partial charge is 0.336 e. The molecule has 5 rings (SSSR count). The van der Waals surface area contributed by atoms with Crippen molar-refractivity contribution in [2.45, 2.75) is 13.1 Å². The fraction of sp³-hybridized carbons (Fsp3) is 0.348. The van der Waals surface area contributed by atoms with Crippen LogP contribution in [0.25, 0.3) is 38.2 Å². The molecule has 0 saturated carbocycles. The highest BCUT2D eigenvalue weighted by atomic mass is 35.5. The lowest BCUT2D eigenvalue weighted by molar-refractivity contribution is -0.724. The fourth-order valence-electron chi connectivity index (χ4n) is 4.50. The van der Waals surface area contributed by atoms with Crippen molar-refractivity contribution >= 4 is 43.9 Å². The van der Waals surface area contributed by atoms with Gasteiger partial charge in [-0.3, -0.25) is 13.8 Å². The molecule has 3 heterocycles. The lowest BCUT2D eigenvalue weighted by Gasteiger charge is -2.15. The molecule has 0 atom stereocenters. The number of fused-ring (bicyclic) bond motifs is 3. The quantitative estimate of drug-likeness (QED) is 0.126. The topological polar surface area (TPSA) is 95.7 Å². The molecule has 0 spiro atoms. The van der Waals surface area contributed by atoms with E-state index in [-0.39, 0.29) is 23.7 Å². The molecule has 0 amide bonds. The first-order valence-electron chi connectivity index (χ1n) is 10.7. The summed E-state index contributed by atoms with van der Waals surface area (Å²) in [5.41, 5.74) is 9.41. The summed E-state index contributed by atoms with van der Waals surface area (Å²) in [4.78, 5) is 31.1. The van der Waals surface area contributed by atoms with E-state index in [9.17, 15) is 9.59 Å². The van der Waals surface area contributed by atoms with Crippen molar-refractivity contribution in [2.75, 3.05) is 47.0 Å². The summed E-state index contributed by atoms with van der Waals surface area (Å²) in [6.45, 7) is 2.51. The third-order valence-corrected chi connectivity index (χ3v) is 6.14. The van der Waals surface area contributed by atoms with Gasteiger partial charge < -0.3 is 27.9 Å². The van der Waals surface area contributed by atoms with Crippen LogP contribution in [-0.4, -0.2) is 65.1 Å². The minimum absolute atomic E-state index is 0. The number of rotatable bonds is 6. The Bertz CT molecular complexity index is 1600. The number of hydrogen-bond donors (Lipinski definition) is 2. The number of nitrogens with one attached hydrogen (secondary N) is 1. The second-order valence-electron chi connectivity index (χ2n) is 8.95. The Morgan fingerprint density at radius 3 is 2.42 bits per heavy atom. The summed E-state index contributed by atoms with van der Waals surface area (Å²) in [5.74, 6) is 0. The fourth-order valence-corrected chi connectivity index (χ4v) is 4.50. The van der Waals surface area contributed by atoms with Crippen LogP contribution in [0.2, 0.25) is 0 Å². The second-order valence-corrected chi connectivity index (χ2v) is 8.95. The number of nitrogen functional groups attached to an aromatic ring is 1. The number of hydrogen-bond acceptors (Lipinski definition) is 5. The molecular formula is C23H28ClN7O2. The van der Waals surface area contributed by atoms with Gasteiger partial charge >= 0.3 is 5.69 Å². The van der Waals surface area contributed by atoms with E-state index in [2.05, 4.69) is 14.7 Å². The lowest BCUT2D eigenvalue weighted by atomic mass is 10.1. The van der Waals surface area contributed by atoms with Crippen LogP contribution in [0.15, 0.2) is 39.9 Å². The first-order valence-corrected chi connectivity index (χ1v) is 10.7. The largest absolute Gasteiger partial charge is 1.00 e. The van der Waals surface area contributed by atoms with Crippen LogP contribution >= 0.6 is 0 Å². The van der Waals surface area contributed by atoms with Gasteiger partial charge in [-0.05, 0) is 52.5 Å². The van der Waals surface area contributed by atoms with Gasteiger partial charge in [-0.25, -0.2) is 4.79 Å². The van der Waals surface area contributed by atoms with Gasteiger partial charge in [0.1, 0.15) is 10.9 Å². The Hall–Kier alpha value is -3.14. The molecule has 9 nitrogen and oxygen atoms in total. The number of anilines is 1. The van der Waals surface area contributed by atoms with Gasteiger partial charge in [0, 0.05) is 30.2 Å². The standard InChI is InChI=1S/C23H27N7O2.ClH/c1-26(2)9-11-28-22(31)15-6-8-18-19-20(25-29(18)12-10-27(3)4)16-13-14(24)5-7-17(16)30(21(15)19)23(28)32;/h5-8,13H,9-12,24H2,1-4H3;1H. The van der Waals surface area contributed by atoms with Crippen molar-refractivity contribution in [2.24, 2.45) is 0 Å². The zero-order valence-electron chi connectivity index (χ0n) is 19.2. The Labute approximate surface area is 196 Å². The van der Waals surface area contributed by atoms with Crippen molar-refractivity contribution < 1.29 is 17.1 Å². The number of aromatic amines is 1. The third kappa shape index (κ3) is 3.52. The highest BCUT2D eigenvalue weighted by Gasteiger charge is 2.26. The van der Waals surface area contributed by atoms with Crippen molar-refractivity contribution in [3.05, 3.63) is 51.2 Å². The molecule has 0 aliphatic carbocycles. The van der Waals surface area contributed by atoms with E-state index in [0.29, 0.717) is 29.7 Å². The van der Waals surface area contributed by atoms with E-state index in [1.54, 1.807) is 10.5 Å². The van der Waals surface area contributed by atoms with Crippen molar-refractivity contribution in [3.63, 3.8) is 0 Å². The van der Waals surface area contributed by atoms with Crippen LogP contribution < -0.4 is 34.1 Å². The average molecular weight is 470 g/mol. The molecule has 33 heavy (non-hydrogen) atoms. The summed E-state index contributed by atoms with van der Waals surface area (Å²) >= 11 is 0. The Morgan fingerprint density at radius 2 is 1.73 bits per heavy atom. The maximum Gasteiger partial charge on any atom is 0.336 e. The minimum Gasteiger partial charge on any atom is -1.00 e. The molecule has 0 saturated heterocycles. The van der Waals surface area contributed by atoms with E-state index in [4.69, 9.17) is 5.73 Å². The first-order chi connectivity index (χ1) is 15.3. The zero-order chi connectivity index (χ0) is 22.7. The molecule has 3 aromatic heterocycles. The normalized spacial score (nSPS) is 12.2. The van der Waals surface area contributed by atoms with Crippen LogP contribution in [0.5, 0.6) is 0 Å². The van der Waals surface area contributed by atoms with Crippen LogP contribution in [0, 0.1) is 0 Å². The Kier molecular flexibility index (Phi) is 5.81. The summed E-state index contributed by atoms with van der Waals surface area (Å²) in [6, 6.07) is 9.35. The molecule has 0 aliphatic rings. The van der Waals surface area contributed by atoms with Gasteiger partial charge in [-0.15, -0.1) is 4.68 Å². The van der Waals surface area contributed by atoms with E-state index in [0.717, 1.165) is 40.4 Å². The highest BCUT2D eigenvalue weighted by molar-refractivity contribution is 6.20. The lowest BCUT2D eigenvalue weighted by Crippen LogP contribution is -3.00. The van der Waals surface area contributed by atoms with Crippen LogP contribution in [0.4, 0.5) is 5.69 Å². The number of aromatic nitrogens is 4. The van der Waals surface area contributed by atoms with Crippen LogP contribution in [-0.2, 0) is 13.1 Å².